The molecule has 1 aliphatic carbocycles. The second kappa shape index (κ2) is 7.05. The lowest BCUT2D eigenvalue weighted by Gasteiger charge is -2.23. The number of carbonyl (C=O) groups is 1. The topological polar surface area (TPSA) is 50.4 Å². The van der Waals surface area contributed by atoms with Crippen molar-refractivity contribution in [2.45, 2.75) is 44.2 Å². The van der Waals surface area contributed by atoms with Crippen molar-refractivity contribution in [2.75, 3.05) is 19.7 Å². The molecule has 1 atom stereocenters. The van der Waals surface area contributed by atoms with Crippen LogP contribution in [-0.2, 0) is 16.0 Å². The molecular formula is C17H24N2O2. The molecule has 1 aromatic carbocycles. The van der Waals surface area contributed by atoms with Crippen molar-refractivity contribution < 1.29 is 9.53 Å². The maximum atomic E-state index is 12.0. The number of carbonyl (C=O) groups excluding carboxylic acids is 1. The van der Waals surface area contributed by atoms with E-state index in [1.54, 1.807) is 0 Å². The Morgan fingerprint density at radius 2 is 2.05 bits per heavy atom. The number of hydrogen-bond donors (Lipinski definition) is 2. The molecular weight excluding hydrogens is 264 g/mol. The fourth-order valence-corrected chi connectivity index (χ4v) is 3.25. The first-order valence-electron chi connectivity index (χ1n) is 8.02. The minimum atomic E-state index is 0.102. The molecule has 114 valence electrons. The maximum Gasteiger partial charge on any atom is 0.222 e. The van der Waals surface area contributed by atoms with E-state index in [1.165, 1.54) is 11.1 Å². The molecule has 3 rings (SSSR count). The standard InChI is InChI=1S/C17H24N2O2/c20-17(9-12-21-14-7-10-18-11-8-14)19-16-6-5-13-3-1-2-4-15(13)16/h1-4,14,16,18H,5-12H2,(H,19,20). The summed E-state index contributed by atoms with van der Waals surface area (Å²) >= 11 is 0. The van der Waals surface area contributed by atoms with Gasteiger partial charge in [0.05, 0.1) is 18.8 Å². The van der Waals surface area contributed by atoms with Crippen LogP contribution in [-0.4, -0.2) is 31.7 Å². The number of benzene rings is 1. The number of rotatable bonds is 5. The summed E-state index contributed by atoms with van der Waals surface area (Å²) in [6, 6.07) is 8.58. The van der Waals surface area contributed by atoms with Crippen molar-refractivity contribution in [1.82, 2.24) is 10.6 Å². The van der Waals surface area contributed by atoms with Crippen molar-refractivity contribution in [3.05, 3.63) is 35.4 Å². The first-order valence-corrected chi connectivity index (χ1v) is 8.02. The molecule has 1 saturated heterocycles. The van der Waals surface area contributed by atoms with Gasteiger partial charge in [0.1, 0.15) is 0 Å². The lowest BCUT2D eigenvalue weighted by Crippen LogP contribution is -2.33. The summed E-state index contributed by atoms with van der Waals surface area (Å²) in [7, 11) is 0. The van der Waals surface area contributed by atoms with E-state index in [9.17, 15) is 4.79 Å². The van der Waals surface area contributed by atoms with Crippen molar-refractivity contribution in [3.63, 3.8) is 0 Å². The Morgan fingerprint density at radius 1 is 1.24 bits per heavy atom. The van der Waals surface area contributed by atoms with E-state index in [-0.39, 0.29) is 11.9 Å². The zero-order valence-corrected chi connectivity index (χ0v) is 12.4. The highest BCUT2D eigenvalue weighted by Crippen LogP contribution is 2.30. The van der Waals surface area contributed by atoms with Crippen LogP contribution in [0.5, 0.6) is 0 Å². The van der Waals surface area contributed by atoms with Gasteiger partial charge in [0, 0.05) is 6.42 Å². The van der Waals surface area contributed by atoms with Gasteiger partial charge >= 0.3 is 0 Å². The van der Waals surface area contributed by atoms with Crippen LogP contribution >= 0.6 is 0 Å². The molecule has 1 fully saturated rings. The van der Waals surface area contributed by atoms with Gasteiger partial charge in [-0.05, 0) is 49.9 Å². The van der Waals surface area contributed by atoms with E-state index in [1.807, 2.05) is 6.07 Å². The van der Waals surface area contributed by atoms with Crippen molar-refractivity contribution in [3.8, 4) is 0 Å². The van der Waals surface area contributed by atoms with E-state index in [4.69, 9.17) is 4.74 Å². The van der Waals surface area contributed by atoms with E-state index >= 15 is 0 Å². The summed E-state index contributed by atoms with van der Waals surface area (Å²) in [6.45, 7) is 2.58. The Hall–Kier alpha value is -1.39. The molecule has 2 N–H and O–H groups in total. The summed E-state index contributed by atoms with van der Waals surface area (Å²) in [4.78, 5) is 12.0. The van der Waals surface area contributed by atoms with Crippen molar-refractivity contribution in [2.24, 2.45) is 0 Å². The number of nitrogens with one attached hydrogen (secondary N) is 2. The quantitative estimate of drug-likeness (QED) is 0.870. The average Bonchev–Trinajstić information content (AvgIpc) is 2.92. The van der Waals surface area contributed by atoms with Gasteiger partial charge in [-0.25, -0.2) is 0 Å². The highest BCUT2D eigenvalue weighted by molar-refractivity contribution is 5.76. The molecule has 1 aliphatic heterocycles. The third kappa shape index (κ3) is 3.83. The normalized spacial score (nSPS) is 22.0. The van der Waals surface area contributed by atoms with Crippen LogP contribution in [0.15, 0.2) is 24.3 Å². The summed E-state index contributed by atoms with van der Waals surface area (Å²) < 4.78 is 5.79. The SMILES string of the molecule is O=C(CCOC1CCNCC1)NC1CCc2ccccc21. The first-order chi connectivity index (χ1) is 10.3. The molecule has 1 amide bonds. The molecule has 1 aromatic rings. The Labute approximate surface area is 126 Å². The Bertz CT molecular complexity index is 483. The van der Waals surface area contributed by atoms with Crippen LogP contribution in [0.3, 0.4) is 0 Å². The van der Waals surface area contributed by atoms with E-state index in [0.29, 0.717) is 19.1 Å². The molecule has 2 aliphatic rings. The molecule has 0 radical (unpaired) electrons. The molecule has 4 heteroatoms. The number of amides is 1. The lowest BCUT2D eigenvalue weighted by atomic mass is 10.1. The van der Waals surface area contributed by atoms with Gasteiger partial charge in [-0.15, -0.1) is 0 Å². The zero-order valence-electron chi connectivity index (χ0n) is 12.4. The van der Waals surface area contributed by atoms with Gasteiger partial charge < -0.3 is 15.4 Å². The first kappa shape index (κ1) is 14.5. The van der Waals surface area contributed by atoms with Gasteiger partial charge in [0.2, 0.25) is 5.91 Å². The molecule has 1 unspecified atom stereocenters. The van der Waals surface area contributed by atoms with E-state index in [0.717, 1.165) is 38.8 Å². The maximum absolute atomic E-state index is 12.0. The fourth-order valence-electron chi connectivity index (χ4n) is 3.25. The summed E-state index contributed by atoms with van der Waals surface area (Å²) in [5.74, 6) is 0.102. The average molecular weight is 288 g/mol. The summed E-state index contributed by atoms with van der Waals surface area (Å²) in [5, 5.41) is 6.45. The summed E-state index contributed by atoms with van der Waals surface area (Å²) in [6.07, 6.45) is 4.97. The highest BCUT2D eigenvalue weighted by atomic mass is 16.5. The van der Waals surface area contributed by atoms with Gasteiger partial charge in [-0.2, -0.15) is 0 Å². The van der Waals surface area contributed by atoms with Crippen LogP contribution in [0.2, 0.25) is 0 Å². The van der Waals surface area contributed by atoms with Crippen molar-refractivity contribution in [1.29, 1.82) is 0 Å². The second-order valence-corrected chi connectivity index (χ2v) is 5.93. The number of piperidine rings is 1. The highest BCUT2D eigenvalue weighted by Gasteiger charge is 2.23. The van der Waals surface area contributed by atoms with Crippen molar-refractivity contribution >= 4 is 5.91 Å². The summed E-state index contributed by atoms with van der Waals surface area (Å²) in [5.41, 5.74) is 2.65. The van der Waals surface area contributed by atoms with Gasteiger partial charge in [-0.1, -0.05) is 24.3 Å². The second-order valence-electron chi connectivity index (χ2n) is 5.93. The molecule has 0 aromatic heterocycles. The Kier molecular flexibility index (Phi) is 4.88. The monoisotopic (exact) mass is 288 g/mol. The van der Waals surface area contributed by atoms with Crippen LogP contribution in [0, 0.1) is 0 Å². The largest absolute Gasteiger partial charge is 0.378 e. The molecule has 4 nitrogen and oxygen atoms in total. The van der Waals surface area contributed by atoms with E-state index < -0.39 is 0 Å². The number of hydrogen-bond acceptors (Lipinski definition) is 3. The van der Waals surface area contributed by atoms with Crippen LogP contribution in [0.25, 0.3) is 0 Å². The number of ether oxygens (including phenoxy) is 1. The lowest BCUT2D eigenvalue weighted by molar-refractivity contribution is -0.123. The zero-order chi connectivity index (χ0) is 14.5. The van der Waals surface area contributed by atoms with Gasteiger partial charge in [0.25, 0.3) is 0 Å². The fraction of sp³-hybridized carbons (Fsp3) is 0.588. The Morgan fingerprint density at radius 3 is 2.90 bits per heavy atom. The van der Waals surface area contributed by atoms with Crippen LogP contribution < -0.4 is 10.6 Å². The van der Waals surface area contributed by atoms with Crippen LogP contribution in [0.4, 0.5) is 0 Å². The molecule has 1 heterocycles. The smallest absolute Gasteiger partial charge is 0.222 e. The van der Waals surface area contributed by atoms with E-state index in [2.05, 4.69) is 28.8 Å². The molecule has 0 spiro atoms. The number of aryl methyl sites for hydroxylation is 1. The molecule has 0 bridgehead atoms. The molecule has 21 heavy (non-hydrogen) atoms. The molecule has 0 saturated carbocycles. The number of fused-ring (bicyclic) bond motifs is 1. The third-order valence-corrected chi connectivity index (χ3v) is 4.44. The minimum absolute atomic E-state index is 0.102. The minimum Gasteiger partial charge on any atom is -0.378 e. The van der Waals surface area contributed by atoms with Gasteiger partial charge in [0.15, 0.2) is 0 Å². The Balaban J connectivity index is 1.40. The predicted molar refractivity (Wildman–Crippen MR) is 82.1 cm³/mol. The van der Waals surface area contributed by atoms with Crippen LogP contribution in [0.1, 0.15) is 42.9 Å². The third-order valence-electron chi connectivity index (χ3n) is 4.44. The van der Waals surface area contributed by atoms with Gasteiger partial charge in [-0.3, -0.25) is 4.79 Å². The predicted octanol–water partition coefficient (Wildman–Crippen LogP) is 1.95.